The molecule has 2 aliphatic rings. The maximum absolute atomic E-state index is 11.6. The van der Waals surface area contributed by atoms with Crippen LogP contribution in [0.3, 0.4) is 0 Å². The predicted octanol–water partition coefficient (Wildman–Crippen LogP) is -3.53. The average molecular weight is 466 g/mol. The highest BCUT2D eigenvalue weighted by Crippen LogP contribution is 2.29. The molecule has 1 amide bonds. The molecular formula is C17H30N4O11. The van der Waals surface area contributed by atoms with Crippen molar-refractivity contribution < 1.29 is 54.4 Å². The van der Waals surface area contributed by atoms with Gasteiger partial charge in [-0.05, 0) is 12.0 Å². The first-order valence-electron chi connectivity index (χ1n) is 10.0. The van der Waals surface area contributed by atoms with Gasteiger partial charge >= 0.3 is 0 Å². The van der Waals surface area contributed by atoms with E-state index in [4.69, 9.17) is 24.5 Å². The van der Waals surface area contributed by atoms with Gasteiger partial charge in [0.1, 0.15) is 48.8 Å². The molecule has 10 atom stereocenters. The molecule has 2 heterocycles. The summed E-state index contributed by atoms with van der Waals surface area (Å²) in [4.78, 5) is 14.3. The summed E-state index contributed by atoms with van der Waals surface area (Å²) in [5.74, 6) is -0.519. The van der Waals surface area contributed by atoms with Crippen LogP contribution in [0, 0.1) is 0 Å². The molecule has 0 aromatic carbocycles. The lowest BCUT2D eigenvalue weighted by molar-refractivity contribution is -0.348. The number of aliphatic hydroxyl groups is 6. The van der Waals surface area contributed by atoms with Crippen molar-refractivity contribution in [1.82, 2.24) is 5.32 Å². The molecule has 15 nitrogen and oxygen atoms in total. The quantitative estimate of drug-likeness (QED) is 0.0720. The van der Waals surface area contributed by atoms with Crippen molar-refractivity contribution in [2.45, 2.75) is 74.7 Å². The van der Waals surface area contributed by atoms with Gasteiger partial charge < -0.3 is 54.9 Å². The zero-order valence-corrected chi connectivity index (χ0v) is 17.4. The molecule has 32 heavy (non-hydrogen) atoms. The lowest BCUT2D eigenvalue weighted by Crippen LogP contribution is -2.67. The van der Waals surface area contributed by atoms with Crippen LogP contribution in [-0.2, 0) is 23.7 Å². The van der Waals surface area contributed by atoms with Crippen LogP contribution in [0.1, 0.15) is 13.3 Å². The van der Waals surface area contributed by atoms with Crippen LogP contribution < -0.4 is 5.32 Å². The van der Waals surface area contributed by atoms with Crippen LogP contribution in [0.25, 0.3) is 10.4 Å². The first-order valence-corrected chi connectivity index (χ1v) is 10.0. The highest BCUT2D eigenvalue weighted by molar-refractivity contribution is 5.73. The standard InChI is InChI=1S/C17H30N4O11/c1-7(24)20-10-12(26)15(9(6-23)31-16(10)29-4-2-3-19-21-18)32-17-14(28)13(27)11(25)8(5-22)30-17/h8-17,22-23,25-28H,2-6H2,1H3,(H,20,24)/t8?,9?,10?,11-,12+,13-,14?,15+,16+,17-/m0/s1. The molecule has 2 aliphatic heterocycles. The molecule has 0 saturated carbocycles. The Morgan fingerprint density at radius 3 is 2.28 bits per heavy atom. The van der Waals surface area contributed by atoms with Gasteiger partial charge in [-0.25, -0.2) is 0 Å². The topological polar surface area (TPSA) is 236 Å². The summed E-state index contributed by atoms with van der Waals surface area (Å²) in [6.45, 7) is 0.0888. The van der Waals surface area contributed by atoms with E-state index >= 15 is 0 Å². The Balaban J connectivity index is 2.14. The van der Waals surface area contributed by atoms with E-state index in [1.807, 2.05) is 0 Å². The second kappa shape index (κ2) is 12.6. The zero-order chi connectivity index (χ0) is 23.8. The third kappa shape index (κ3) is 6.46. The molecule has 0 spiro atoms. The smallest absolute Gasteiger partial charge is 0.217 e. The minimum absolute atomic E-state index is 0.0584. The van der Waals surface area contributed by atoms with Gasteiger partial charge in [-0.3, -0.25) is 4.79 Å². The average Bonchev–Trinajstić information content (AvgIpc) is 2.77. The molecule has 0 aromatic heterocycles. The maximum Gasteiger partial charge on any atom is 0.217 e. The Kier molecular flexibility index (Phi) is 10.5. The third-order valence-electron chi connectivity index (χ3n) is 5.11. The van der Waals surface area contributed by atoms with Crippen molar-refractivity contribution in [3.63, 3.8) is 0 Å². The van der Waals surface area contributed by atoms with Gasteiger partial charge in [0.15, 0.2) is 12.6 Å². The summed E-state index contributed by atoms with van der Waals surface area (Å²) < 4.78 is 22.0. The summed E-state index contributed by atoms with van der Waals surface area (Å²) in [6.07, 6.45) is -12.8. The molecule has 0 radical (unpaired) electrons. The van der Waals surface area contributed by atoms with Gasteiger partial charge in [-0.2, -0.15) is 0 Å². The van der Waals surface area contributed by atoms with Gasteiger partial charge in [0.2, 0.25) is 5.91 Å². The van der Waals surface area contributed by atoms with Crippen molar-refractivity contribution in [1.29, 1.82) is 0 Å². The Labute approximate surface area is 183 Å². The number of carbonyl (C=O) groups excluding carboxylic acids is 1. The lowest BCUT2D eigenvalue weighted by Gasteiger charge is -2.47. The molecule has 184 valence electrons. The fraction of sp³-hybridized carbons (Fsp3) is 0.941. The van der Waals surface area contributed by atoms with Crippen LogP contribution in [0.4, 0.5) is 0 Å². The number of azide groups is 1. The van der Waals surface area contributed by atoms with Crippen LogP contribution in [0.15, 0.2) is 5.11 Å². The Bertz CT molecular complexity index is 650. The van der Waals surface area contributed by atoms with Gasteiger partial charge in [0.05, 0.1) is 13.2 Å². The fourth-order valence-corrected chi connectivity index (χ4v) is 3.48. The molecule has 4 unspecified atom stereocenters. The Morgan fingerprint density at radius 2 is 1.69 bits per heavy atom. The monoisotopic (exact) mass is 466 g/mol. The minimum Gasteiger partial charge on any atom is -0.394 e. The number of aliphatic hydroxyl groups excluding tert-OH is 6. The molecule has 0 aromatic rings. The van der Waals surface area contributed by atoms with Gasteiger partial charge in [0.25, 0.3) is 0 Å². The largest absolute Gasteiger partial charge is 0.394 e. The second-order valence-electron chi connectivity index (χ2n) is 7.42. The Hall–Kier alpha value is -1.62. The number of rotatable bonds is 10. The van der Waals surface area contributed by atoms with E-state index in [2.05, 4.69) is 15.3 Å². The Morgan fingerprint density at radius 1 is 1.03 bits per heavy atom. The van der Waals surface area contributed by atoms with Gasteiger partial charge in [0, 0.05) is 25.0 Å². The van der Waals surface area contributed by atoms with Crippen molar-refractivity contribution in [3.05, 3.63) is 10.4 Å². The molecule has 0 aliphatic carbocycles. The first-order chi connectivity index (χ1) is 15.2. The van der Waals surface area contributed by atoms with E-state index in [9.17, 15) is 35.4 Å². The fourth-order valence-electron chi connectivity index (χ4n) is 3.48. The second-order valence-corrected chi connectivity index (χ2v) is 7.42. The van der Waals surface area contributed by atoms with Crippen molar-refractivity contribution in [2.75, 3.05) is 26.4 Å². The summed E-state index contributed by atoms with van der Waals surface area (Å²) in [7, 11) is 0. The zero-order valence-electron chi connectivity index (χ0n) is 17.4. The number of ether oxygens (including phenoxy) is 4. The third-order valence-corrected chi connectivity index (χ3v) is 5.11. The molecule has 2 fully saturated rings. The van der Waals surface area contributed by atoms with E-state index < -0.39 is 80.5 Å². The highest BCUT2D eigenvalue weighted by Gasteiger charge is 2.51. The molecule has 2 rings (SSSR count). The number of amides is 1. The van der Waals surface area contributed by atoms with Crippen molar-refractivity contribution in [2.24, 2.45) is 5.11 Å². The van der Waals surface area contributed by atoms with E-state index in [1.54, 1.807) is 0 Å². The highest BCUT2D eigenvalue weighted by atomic mass is 16.7. The molecular weight excluding hydrogens is 436 g/mol. The summed E-state index contributed by atoms with van der Waals surface area (Å²) in [6, 6.07) is -1.15. The van der Waals surface area contributed by atoms with Crippen LogP contribution in [0.2, 0.25) is 0 Å². The van der Waals surface area contributed by atoms with Crippen LogP contribution >= 0.6 is 0 Å². The number of nitrogens with zero attached hydrogens (tertiary/aromatic N) is 3. The van der Waals surface area contributed by atoms with Crippen molar-refractivity contribution >= 4 is 5.91 Å². The number of carbonyl (C=O) groups is 1. The van der Waals surface area contributed by atoms with Gasteiger partial charge in [-0.1, -0.05) is 5.11 Å². The van der Waals surface area contributed by atoms with Gasteiger partial charge in [-0.15, -0.1) is 0 Å². The maximum atomic E-state index is 11.6. The molecule has 15 heteroatoms. The lowest BCUT2D eigenvalue weighted by atomic mass is 9.95. The van der Waals surface area contributed by atoms with E-state index in [1.165, 1.54) is 6.92 Å². The van der Waals surface area contributed by atoms with Crippen LogP contribution in [-0.4, -0.2) is 124 Å². The molecule has 7 N–H and O–H groups in total. The number of nitrogens with one attached hydrogen (secondary N) is 1. The molecule has 0 bridgehead atoms. The molecule has 2 saturated heterocycles. The normalized spacial score (nSPS) is 39.8. The number of hydrogen-bond acceptors (Lipinski definition) is 12. The predicted molar refractivity (Wildman–Crippen MR) is 103 cm³/mol. The minimum atomic E-state index is -1.74. The number of hydrogen-bond donors (Lipinski definition) is 7. The SMILES string of the molecule is CC(=O)NC1[C@H](OCCCN=[N+]=[N-])OC(CO)[C@@H](O[C@@H]2OC(CO)[C@H](O)[C@H](O)C2O)[C@@H]1O. The summed E-state index contributed by atoms with van der Waals surface area (Å²) in [5, 5.41) is 65.8. The van der Waals surface area contributed by atoms with E-state index in [0.717, 1.165) is 0 Å². The summed E-state index contributed by atoms with van der Waals surface area (Å²) >= 11 is 0. The van der Waals surface area contributed by atoms with E-state index in [-0.39, 0.29) is 13.2 Å². The first kappa shape index (κ1) is 26.6. The van der Waals surface area contributed by atoms with E-state index in [0.29, 0.717) is 6.42 Å². The van der Waals surface area contributed by atoms with Crippen LogP contribution in [0.5, 0.6) is 0 Å². The summed E-state index contributed by atoms with van der Waals surface area (Å²) in [5.41, 5.74) is 8.30. The van der Waals surface area contributed by atoms with Crippen molar-refractivity contribution in [3.8, 4) is 0 Å².